The lowest BCUT2D eigenvalue weighted by molar-refractivity contribution is 0.222. The van der Waals surface area contributed by atoms with E-state index in [2.05, 4.69) is 41.2 Å². The van der Waals surface area contributed by atoms with Gasteiger partial charge in [-0.15, -0.1) is 10.2 Å². The molecule has 0 bridgehead atoms. The van der Waals surface area contributed by atoms with Gasteiger partial charge in [0.2, 0.25) is 11.0 Å². The van der Waals surface area contributed by atoms with Crippen molar-refractivity contribution in [2.24, 2.45) is 0 Å². The second-order valence-corrected chi connectivity index (χ2v) is 7.78. The van der Waals surface area contributed by atoms with Crippen molar-refractivity contribution in [1.82, 2.24) is 20.3 Å². The average Bonchev–Trinajstić information content (AvgIpc) is 3.36. The molecule has 1 atom stereocenters. The van der Waals surface area contributed by atoms with Crippen LogP contribution in [-0.4, -0.2) is 44.6 Å². The minimum atomic E-state index is -0.293. The third kappa shape index (κ3) is 3.57. The molecule has 1 aliphatic rings. The highest BCUT2D eigenvalue weighted by Gasteiger charge is 2.27. The molecule has 1 N–H and O–H groups in total. The fraction of sp³-hybridized carbons (Fsp3) is 0.375. The molecule has 8 nitrogen and oxygen atoms in total. The van der Waals surface area contributed by atoms with E-state index in [1.165, 1.54) is 16.9 Å². The molecule has 1 aromatic carbocycles. The Kier molecular flexibility index (Phi) is 4.88. The van der Waals surface area contributed by atoms with Crippen molar-refractivity contribution in [3.8, 4) is 16.6 Å². The van der Waals surface area contributed by atoms with Crippen LogP contribution in [-0.2, 0) is 6.61 Å². The molecule has 136 valence electrons. The van der Waals surface area contributed by atoms with Crippen molar-refractivity contribution >= 4 is 32.4 Å². The van der Waals surface area contributed by atoms with Crippen LogP contribution >= 0.6 is 27.3 Å². The number of aliphatic hydroxyl groups is 1. The summed E-state index contributed by atoms with van der Waals surface area (Å²) in [6.45, 7) is 3.34. The minimum absolute atomic E-state index is 0.0903. The first-order valence-corrected chi connectivity index (χ1v) is 9.68. The van der Waals surface area contributed by atoms with Gasteiger partial charge in [-0.05, 0) is 40.5 Å². The standard InChI is InChI=1S/C16H16BrN5O3S/c1-9-2-3-12(11(17)6-9)24-10-4-5-22(7-10)16-20-19-15(26-16)14-18-13(8-23)25-21-14/h2-3,6,10,23H,4-5,7-8H2,1H3/t10-/m0/s1. The van der Waals surface area contributed by atoms with Crippen LogP contribution in [0, 0.1) is 6.92 Å². The lowest BCUT2D eigenvalue weighted by Gasteiger charge is -2.16. The Labute approximate surface area is 161 Å². The molecular formula is C16H16BrN5O3S. The highest BCUT2D eigenvalue weighted by atomic mass is 79.9. The van der Waals surface area contributed by atoms with Crippen LogP contribution in [0.2, 0.25) is 0 Å². The van der Waals surface area contributed by atoms with Gasteiger partial charge in [0.25, 0.3) is 5.89 Å². The summed E-state index contributed by atoms with van der Waals surface area (Å²) in [5.74, 6) is 1.35. The van der Waals surface area contributed by atoms with Gasteiger partial charge in [-0.25, -0.2) is 0 Å². The number of hydrogen-bond donors (Lipinski definition) is 1. The van der Waals surface area contributed by atoms with Crippen LogP contribution in [0.3, 0.4) is 0 Å². The molecule has 0 aliphatic carbocycles. The number of anilines is 1. The van der Waals surface area contributed by atoms with Gasteiger partial charge in [0.05, 0.1) is 11.0 Å². The largest absolute Gasteiger partial charge is 0.487 e. The number of hydrogen-bond acceptors (Lipinski definition) is 9. The zero-order valence-corrected chi connectivity index (χ0v) is 16.3. The number of aliphatic hydroxyl groups excluding tert-OH is 1. The second kappa shape index (κ2) is 7.29. The van der Waals surface area contributed by atoms with E-state index >= 15 is 0 Å². The zero-order chi connectivity index (χ0) is 18.1. The first-order valence-electron chi connectivity index (χ1n) is 8.07. The molecule has 4 rings (SSSR count). The fourth-order valence-electron chi connectivity index (χ4n) is 2.72. The van der Waals surface area contributed by atoms with E-state index < -0.39 is 0 Å². The van der Waals surface area contributed by atoms with Crippen molar-refractivity contribution in [2.75, 3.05) is 18.0 Å². The van der Waals surface area contributed by atoms with E-state index in [1.807, 2.05) is 25.1 Å². The summed E-state index contributed by atoms with van der Waals surface area (Å²) in [7, 11) is 0. The summed E-state index contributed by atoms with van der Waals surface area (Å²) in [4.78, 5) is 6.20. The number of aryl methyl sites for hydroxylation is 1. The van der Waals surface area contributed by atoms with Crippen LogP contribution in [0.15, 0.2) is 27.2 Å². The highest BCUT2D eigenvalue weighted by molar-refractivity contribution is 9.10. The third-order valence-corrected chi connectivity index (χ3v) is 5.61. The molecule has 0 unspecified atom stereocenters. The summed E-state index contributed by atoms with van der Waals surface area (Å²) in [6, 6.07) is 6.07. The van der Waals surface area contributed by atoms with Crippen LogP contribution in [0.4, 0.5) is 5.13 Å². The molecule has 2 aromatic heterocycles. The number of benzene rings is 1. The maximum atomic E-state index is 9.01. The van der Waals surface area contributed by atoms with Gasteiger partial charge >= 0.3 is 0 Å². The summed E-state index contributed by atoms with van der Waals surface area (Å²) in [5, 5.41) is 22.5. The van der Waals surface area contributed by atoms with Crippen molar-refractivity contribution < 1.29 is 14.4 Å². The van der Waals surface area contributed by atoms with Crippen LogP contribution in [0.1, 0.15) is 17.9 Å². The van der Waals surface area contributed by atoms with Gasteiger partial charge < -0.3 is 19.3 Å². The Morgan fingerprint density at radius 3 is 3.08 bits per heavy atom. The minimum Gasteiger partial charge on any atom is -0.487 e. The molecule has 0 saturated carbocycles. The van der Waals surface area contributed by atoms with Crippen molar-refractivity contribution in [3.05, 3.63) is 34.1 Å². The van der Waals surface area contributed by atoms with Gasteiger partial charge in [0, 0.05) is 13.0 Å². The summed E-state index contributed by atoms with van der Waals surface area (Å²) in [6.07, 6.45) is 0.999. The molecule has 1 saturated heterocycles. The average molecular weight is 438 g/mol. The quantitative estimate of drug-likeness (QED) is 0.650. The van der Waals surface area contributed by atoms with Crippen molar-refractivity contribution in [1.29, 1.82) is 0 Å². The number of halogens is 1. The molecule has 3 heterocycles. The predicted molar refractivity (Wildman–Crippen MR) is 99.2 cm³/mol. The lowest BCUT2D eigenvalue weighted by Crippen LogP contribution is -2.24. The Morgan fingerprint density at radius 2 is 2.31 bits per heavy atom. The highest BCUT2D eigenvalue weighted by Crippen LogP contribution is 2.32. The molecule has 26 heavy (non-hydrogen) atoms. The maximum absolute atomic E-state index is 9.01. The second-order valence-electron chi connectivity index (χ2n) is 5.97. The SMILES string of the molecule is Cc1ccc(O[C@H]2CCN(c3nnc(-c4noc(CO)n4)s3)C2)c(Br)c1. The van der Waals surface area contributed by atoms with E-state index in [1.54, 1.807) is 0 Å². The van der Waals surface area contributed by atoms with Crippen LogP contribution in [0.5, 0.6) is 5.75 Å². The van der Waals surface area contributed by atoms with Crippen molar-refractivity contribution in [3.63, 3.8) is 0 Å². The monoisotopic (exact) mass is 437 g/mol. The van der Waals surface area contributed by atoms with Gasteiger partial charge in [-0.2, -0.15) is 4.98 Å². The number of rotatable bonds is 5. The molecule has 3 aromatic rings. The van der Waals surface area contributed by atoms with Gasteiger partial charge in [0.15, 0.2) is 5.01 Å². The summed E-state index contributed by atoms with van der Waals surface area (Å²) < 4.78 is 12.0. The first kappa shape index (κ1) is 17.4. The molecule has 10 heteroatoms. The number of aromatic nitrogens is 4. The topological polar surface area (TPSA) is 97.4 Å². The molecule has 0 radical (unpaired) electrons. The summed E-state index contributed by atoms with van der Waals surface area (Å²) >= 11 is 4.94. The fourth-order valence-corrected chi connectivity index (χ4v) is 4.11. The Morgan fingerprint density at radius 1 is 1.42 bits per heavy atom. The van der Waals surface area contributed by atoms with Gasteiger partial charge in [-0.1, -0.05) is 22.6 Å². The van der Waals surface area contributed by atoms with E-state index in [0.29, 0.717) is 10.8 Å². The van der Waals surface area contributed by atoms with Crippen LogP contribution in [0.25, 0.3) is 10.8 Å². The lowest BCUT2D eigenvalue weighted by atomic mass is 10.2. The third-order valence-electron chi connectivity index (χ3n) is 4.01. The predicted octanol–water partition coefficient (Wildman–Crippen LogP) is 2.81. The molecule has 0 spiro atoms. The van der Waals surface area contributed by atoms with Gasteiger partial charge in [-0.3, -0.25) is 0 Å². The number of nitrogens with zero attached hydrogens (tertiary/aromatic N) is 5. The summed E-state index contributed by atoms with van der Waals surface area (Å²) in [5.41, 5.74) is 1.18. The van der Waals surface area contributed by atoms with Crippen LogP contribution < -0.4 is 9.64 Å². The van der Waals surface area contributed by atoms with E-state index in [-0.39, 0.29) is 18.6 Å². The molecular weight excluding hydrogens is 422 g/mol. The Bertz CT molecular complexity index is 915. The maximum Gasteiger partial charge on any atom is 0.252 e. The zero-order valence-electron chi connectivity index (χ0n) is 13.9. The van der Waals surface area contributed by atoms with Crippen molar-refractivity contribution in [2.45, 2.75) is 26.1 Å². The van der Waals surface area contributed by atoms with E-state index in [4.69, 9.17) is 14.4 Å². The smallest absolute Gasteiger partial charge is 0.252 e. The van der Waals surface area contributed by atoms with E-state index in [9.17, 15) is 0 Å². The van der Waals surface area contributed by atoms with Gasteiger partial charge in [0.1, 0.15) is 18.5 Å². The number of ether oxygens (including phenoxy) is 1. The molecule has 1 fully saturated rings. The Balaban J connectivity index is 1.42. The Hall–Kier alpha value is -2.04. The molecule has 1 aliphatic heterocycles. The van der Waals surface area contributed by atoms with E-state index in [0.717, 1.165) is 34.9 Å². The molecule has 0 amide bonds. The first-order chi connectivity index (χ1) is 12.6. The normalized spacial score (nSPS) is 17.0.